The molecule has 3 aromatic rings. The number of hydrogen-bond donors (Lipinski definition) is 0. The van der Waals surface area contributed by atoms with E-state index in [4.69, 9.17) is 0 Å². The van der Waals surface area contributed by atoms with Crippen molar-refractivity contribution in [1.82, 2.24) is 24.8 Å². The van der Waals surface area contributed by atoms with Crippen molar-refractivity contribution in [3.63, 3.8) is 0 Å². The third-order valence-electron chi connectivity index (χ3n) is 2.52. The van der Waals surface area contributed by atoms with Gasteiger partial charge in [0.25, 0.3) is 0 Å². The molecule has 0 N–H and O–H groups in total. The van der Waals surface area contributed by atoms with Crippen LogP contribution in [0.1, 0.15) is 0 Å². The molecule has 2 aromatic heterocycles. The van der Waals surface area contributed by atoms with E-state index in [1.54, 1.807) is 6.20 Å². The van der Waals surface area contributed by atoms with Crippen molar-refractivity contribution in [2.75, 3.05) is 0 Å². The molecule has 0 atom stereocenters. The van der Waals surface area contributed by atoms with Crippen LogP contribution in [-0.2, 0) is 13.1 Å². The van der Waals surface area contributed by atoms with Gasteiger partial charge in [0.1, 0.15) is 5.52 Å². The SMILES string of the molecule is c1ccc2c(c1)nnn2CCn1cccn1. The topological polar surface area (TPSA) is 48.5 Å². The first kappa shape index (κ1) is 9.08. The van der Waals surface area contributed by atoms with Crippen LogP contribution in [-0.4, -0.2) is 24.8 Å². The van der Waals surface area contributed by atoms with Gasteiger partial charge in [0.05, 0.1) is 18.6 Å². The van der Waals surface area contributed by atoms with E-state index in [9.17, 15) is 0 Å². The van der Waals surface area contributed by atoms with Crippen LogP contribution in [0.2, 0.25) is 0 Å². The molecule has 0 radical (unpaired) electrons. The minimum atomic E-state index is 0.780. The first-order chi connectivity index (χ1) is 7.93. The summed E-state index contributed by atoms with van der Waals surface area (Å²) in [4.78, 5) is 0. The molecule has 0 aliphatic heterocycles. The van der Waals surface area contributed by atoms with Crippen LogP contribution in [0.25, 0.3) is 11.0 Å². The Morgan fingerprint density at radius 3 is 2.88 bits per heavy atom. The van der Waals surface area contributed by atoms with Crippen molar-refractivity contribution in [2.24, 2.45) is 0 Å². The first-order valence-corrected chi connectivity index (χ1v) is 5.19. The van der Waals surface area contributed by atoms with Crippen LogP contribution in [0, 0.1) is 0 Å². The Hall–Kier alpha value is -2.17. The molecule has 0 amide bonds. The molecule has 5 nitrogen and oxygen atoms in total. The molecule has 0 spiro atoms. The van der Waals surface area contributed by atoms with Crippen LogP contribution in [0.15, 0.2) is 42.7 Å². The summed E-state index contributed by atoms with van der Waals surface area (Å²) in [6.45, 7) is 1.59. The van der Waals surface area contributed by atoms with E-state index in [0.29, 0.717) is 0 Å². The average molecular weight is 213 g/mol. The van der Waals surface area contributed by atoms with E-state index in [0.717, 1.165) is 24.1 Å². The maximum Gasteiger partial charge on any atom is 0.113 e. The Balaban J connectivity index is 1.84. The van der Waals surface area contributed by atoms with Gasteiger partial charge in [-0.15, -0.1) is 5.10 Å². The maximum absolute atomic E-state index is 4.15. The monoisotopic (exact) mass is 213 g/mol. The van der Waals surface area contributed by atoms with Gasteiger partial charge in [-0.05, 0) is 18.2 Å². The van der Waals surface area contributed by atoms with Gasteiger partial charge in [-0.1, -0.05) is 17.3 Å². The van der Waals surface area contributed by atoms with Crippen LogP contribution in [0.4, 0.5) is 0 Å². The van der Waals surface area contributed by atoms with Crippen molar-refractivity contribution in [3.8, 4) is 0 Å². The molecule has 0 aliphatic rings. The number of benzene rings is 1. The maximum atomic E-state index is 4.15. The van der Waals surface area contributed by atoms with Gasteiger partial charge in [-0.2, -0.15) is 5.10 Å². The summed E-state index contributed by atoms with van der Waals surface area (Å²) < 4.78 is 3.79. The number of aryl methyl sites for hydroxylation is 2. The molecule has 2 heterocycles. The lowest BCUT2D eigenvalue weighted by Gasteiger charge is -2.02. The second kappa shape index (κ2) is 3.77. The molecule has 0 aliphatic carbocycles. The standard InChI is InChI=1S/C11H11N5/c1-2-5-11-10(4-1)13-14-16(11)9-8-15-7-3-6-12-15/h1-7H,8-9H2. The zero-order chi connectivity index (χ0) is 10.8. The summed E-state index contributed by atoms with van der Waals surface area (Å²) in [6, 6.07) is 9.87. The largest absolute Gasteiger partial charge is 0.271 e. The predicted octanol–water partition coefficient (Wildman–Crippen LogP) is 1.33. The number of rotatable bonds is 3. The normalized spacial score (nSPS) is 11.0. The summed E-state index contributed by atoms with van der Waals surface area (Å²) in [5, 5.41) is 12.4. The molecule has 0 saturated carbocycles. The van der Waals surface area contributed by atoms with Crippen molar-refractivity contribution in [3.05, 3.63) is 42.7 Å². The number of nitrogens with zero attached hydrogens (tertiary/aromatic N) is 5. The summed E-state index contributed by atoms with van der Waals surface area (Å²) in [6.07, 6.45) is 3.72. The Kier molecular flexibility index (Phi) is 2.14. The van der Waals surface area contributed by atoms with Crippen LogP contribution in [0.5, 0.6) is 0 Å². The van der Waals surface area contributed by atoms with E-state index >= 15 is 0 Å². The lowest BCUT2D eigenvalue weighted by molar-refractivity contribution is 0.499. The molecule has 3 rings (SSSR count). The van der Waals surface area contributed by atoms with E-state index in [-0.39, 0.29) is 0 Å². The minimum Gasteiger partial charge on any atom is -0.271 e. The molecule has 16 heavy (non-hydrogen) atoms. The lowest BCUT2D eigenvalue weighted by atomic mass is 10.3. The van der Waals surface area contributed by atoms with Crippen molar-refractivity contribution in [2.45, 2.75) is 13.1 Å². The average Bonchev–Trinajstić information content (AvgIpc) is 2.96. The fraction of sp³-hybridized carbons (Fsp3) is 0.182. The van der Waals surface area contributed by atoms with Crippen LogP contribution < -0.4 is 0 Å². The quantitative estimate of drug-likeness (QED) is 0.659. The molecule has 80 valence electrons. The fourth-order valence-electron chi connectivity index (χ4n) is 1.71. The Morgan fingerprint density at radius 1 is 1.06 bits per heavy atom. The van der Waals surface area contributed by atoms with E-state index < -0.39 is 0 Å². The molecule has 0 bridgehead atoms. The highest BCUT2D eigenvalue weighted by Gasteiger charge is 2.02. The summed E-state index contributed by atoms with van der Waals surface area (Å²) >= 11 is 0. The zero-order valence-electron chi connectivity index (χ0n) is 8.69. The molecule has 0 saturated heterocycles. The molecule has 1 aromatic carbocycles. The van der Waals surface area contributed by atoms with Gasteiger partial charge in [0.15, 0.2) is 0 Å². The smallest absolute Gasteiger partial charge is 0.113 e. The van der Waals surface area contributed by atoms with Gasteiger partial charge in [0.2, 0.25) is 0 Å². The van der Waals surface area contributed by atoms with Gasteiger partial charge < -0.3 is 0 Å². The van der Waals surface area contributed by atoms with Crippen LogP contribution >= 0.6 is 0 Å². The number of aromatic nitrogens is 5. The highest BCUT2D eigenvalue weighted by molar-refractivity contribution is 5.73. The second-order valence-corrected chi connectivity index (χ2v) is 3.57. The van der Waals surface area contributed by atoms with E-state index in [1.807, 2.05) is 45.9 Å². The minimum absolute atomic E-state index is 0.780. The van der Waals surface area contributed by atoms with Gasteiger partial charge in [-0.3, -0.25) is 4.68 Å². The molecular formula is C11H11N5. The third-order valence-corrected chi connectivity index (χ3v) is 2.52. The highest BCUT2D eigenvalue weighted by Crippen LogP contribution is 2.09. The van der Waals surface area contributed by atoms with Crippen LogP contribution in [0.3, 0.4) is 0 Å². The Morgan fingerprint density at radius 2 is 2.00 bits per heavy atom. The van der Waals surface area contributed by atoms with E-state index in [2.05, 4.69) is 15.4 Å². The molecule has 0 unspecified atom stereocenters. The second-order valence-electron chi connectivity index (χ2n) is 3.57. The molecule has 5 heteroatoms. The Labute approximate surface area is 92.3 Å². The summed E-state index contributed by atoms with van der Waals surface area (Å²) in [7, 11) is 0. The summed E-state index contributed by atoms with van der Waals surface area (Å²) in [5.41, 5.74) is 2.00. The van der Waals surface area contributed by atoms with Gasteiger partial charge in [-0.25, -0.2) is 4.68 Å². The van der Waals surface area contributed by atoms with Crippen molar-refractivity contribution < 1.29 is 0 Å². The summed E-state index contributed by atoms with van der Waals surface area (Å²) in [5.74, 6) is 0. The molecular weight excluding hydrogens is 202 g/mol. The van der Waals surface area contributed by atoms with Gasteiger partial charge in [0, 0.05) is 12.4 Å². The first-order valence-electron chi connectivity index (χ1n) is 5.19. The highest BCUT2D eigenvalue weighted by atomic mass is 15.4. The third kappa shape index (κ3) is 1.56. The zero-order valence-corrected chi connectivity index (χ0v) is 8.69. The number of hydrogen-bond acceptors (Lipinski definition) is 3. The lowest BCUT2D eigenvalue weighted by Crippen LogP contribution is -2.08. The van der Waals surface area contributed by atoms with E-state index in [1.165, 1.54) is 0 Å². The predicted molar refractivity (Wildman–Crippen MR) is 59.8 cm³/mol. The number of para-hydroxylation sites is 1. The number of fused-ring (bicyclic) bond motifs is 1. The van der Waals surface area contributed by atoms with Gasteiger partial charge >= 0.3 is 0 Å². The van der Waals surface area contributed by atoms with Crippen molar-refractivity contribution >= 4 is 11.0 Å². The van der Waals surface area contributed by atoms with Crippen molar-refractivity contribution in [1.29, 1.82) is 0 Å². The Bertz CT molecular complexity index is 581. The fourth-order valence-corrected chi connectivity index (χ4v) is 1.71. The molecule has 0 fully saturated rings.